The van der Waals surface area contributed by atoms with Gasteiger partial charge in [0, 0.05) is 27.2 Å². The first-order valence-electron chi connectivity index (χ1n) is 8.39. The second-order valence-corrected chi connectivity index (χ2v) is 7.61. The number of anilines is 1. The number of halogens is 5. The fourth-order valence-corrected chi connectivity index (χ4v) is 4.49. The minimum Gasteiger partial charge on any atom is -0.378 e. The summed E-state index contributed by atoms with van der Waals surface area (Å²) >= 11 is 12.4. The van der Waals surface area contributed by atoms with E-state index in [0.717, 1.165) is 12.0 Å². The lowest BCUT2D eigenvalue weighted by Crippen LogP contribution is -2.30. The maximum atomic E-state index is 12.8. The highest BCUT2D eigenvalue weighted by Gasteiger charge is 2.42. The van der Waals surface area contributed by atoms with Crippen LogP contribution in [0.5, 0.6) is 0 Å². The molecule has 0 radical (unpaired) electrons. The second-order valence-electron chi connectivity index (χ2n) is 6.77. The molecule has 0 saturated heterocycles. The van der Waals surface area contributed by atoms with Crippen molar-refractivity contribution in [1.29, 1.82) is 0 Å². The summed E-state index contributed by atoms with van der Waals surface area (Å²) in [7, 11) is 0. The first kappa shape index (κ1) is 18.4. The standard InChI is InChI=1S/C20H14Cl2F3NO/c21-11-5-6-14(16(22)9-11)18-13-3-1-2-12(13)15-8-10(4-7-17(15)26-18)19(27)20(23,24)25/h1-2,4-9,12-13,18,26H,3H2. The fraction of sp³-hybridized carbons (Fsp3) is 0.250. The fourth-order valence-electron chi connectivity index (χ4n) is 3.96. The van der Waals surface area contributed by atoms with Gasteiger partial charge in [0.25, 0.3) is 5.78 Å². The van der Waals surface area contributed by atoms with E-state index in [-0.39, 0.29) is 23.4 Å². The molecule has 0 saturated carbocycles. The zero-order valence-electron chi connectivity index (χ0n) is 13.9. The molecule has 2 aliphatic rings. The number of fused-ring (bicyclic) bond motifs is 3. The van der Waals surface area contributed by atoms with E-state index in [1.165, 1.54) is 18.2 Å². The Kier molecular flexibility index (Phi) is 4.47. The summed E-state index contributed by atoms with van der Waals surface area (Å²) in [5.74, 6) is -1.82. The van der Waals surface area contributed by atoms with Gasteiger partial charge in [-0.3, -0.25) is 4.79 Å². The van der Waals surface area contributed by atoms with Crippen molar-refractivity contribution in [2.45, 2.75) is 24.6 Å². The number of carbonyl (C=O) groups is 1. The van der Waals surface area contributed by atoms with Crippen LogP contribution in [0.1, 0.15) is 39.9 Å². The minimum atomic E-state index is -4.89. The monoisotopic (exact) mass is 411 g/mol. The predicted molar refractivity (Wildman–Crippen MR) is 99.6 cm³/mol. The zero-order chi connectivity index (χ0) is 19.3. The molecule has 140 valence electrons. The Hall–Kier alpha value is -1.98. The molecule has 2 aromatic carbocycles. The van der Waals surface area contributed by atoms with Crippen LogP contribution in [-0.4, -0.2) is 12.0 Å². The van der Waals surface area contributed by atoms with Crippen molar-refractivity contribution in [2.75, 3.05) is 5.32 Å². The number of carbonyl (C=O) groups excluding carboxylic acids is 1. The Morgan fingerprint density at radius 3 is 2.56 bits per heavy atom. The highest BCUT2D eigenvalue weighted by atomic mass is 35.5. The topological polar surface area (TPSA) is 29.1 Å². The number of hydrogen-bond donors (Lipinski definition) is 1. The Labute approximate surface area is 164 Å². The van der Waals surface area contributed by atoms with Crippen LogP contribution < -0.4 is 5.32 Å². The first-order valence-corrected chi connectivity index (χ1v) is 9.15. The van der Waals surface area contributed by atoms with Gasteiger partial charge in [-0.1, -0.05) is 41.4 Å². The molecule has 3 unspecified atom stereocenters. The molecule has 0 fully saturated rings. The Morgan fingerprint density at radius 2 is 1.85 bits per heavy atom. The maximum absolute atomic E-state index is 12.8. The van der Waals surface area contributed by atoms with Crippen molar-refractivity contribution < 1.29 is 18.0 Å². The molecule has 27 heavy (non-hydrogen) atoms. The number of benzene rings is 2. The van der Waals surface area contributed by atoms with Gasteiger partial charge in [-0.2, -0.15) is 13.2 Å². The van der Waals surface area contributed by atoms with E-state index < -0.39 is 12.0 Å². The van der Waals surface area contributed by atoms with Crippen molar-refractivity contribution in [1.82, 2.24) is 0 Å². The van der Waals surface area contributed by atoms with Crippen LogP contribution in [0.4, 0.5) is 18.9 Å². The molecule has 1 aliphatic heterocycles. The molecular weight excluding hydrogens is 398 g/mol. The first-order chi connectivity index (χ1) is 12.8. The SMILES string of the molecule is O=C(c1ccc2c(c1)C1C=CCC1C(c1ccc(Cl)cc1Cl)N2)C(F)(F)F. The van der Waals surface area contributed by atoms with Crippen LogP contribution in [0.15, 0.2) is 48.6 Å². The number of nitrogens with one attached hydrogen (secondary N) is 1. The molecule has 4 rings (SSSR count). The van der Waals surface area contributed by atoms with Gasteiger partial charge in [0.1, 0.15) is 0 Å². The average molecular weight is 412 g/mol. The molecule has 0 bridgehead atoms. The number of rotatable bonds is 2. The number of alkyl halides is 3. The smallest absolute Gasteiger partial charge is 0.378 e. The normalized spacial score (nSPS) is 23.5. The molecule has 0 spiro atoms. The van der Waals surface area contributed by atoms with Crippen LogP contribution in [0.3, 0.4) is 0 Å². The van der Waals surface area contributed by atoms with E-state index in [9.17, 15) is 18.0 Å². The zero-order valence-corrected chi connectivity index (χ0v) is 15.4. The third-order valence-electron chi connectivity index (χ3n) is 5.18. The summed E-state index contributed by atoms with van der Waals surface area (Å²) in [6.07, 6.45) is -0.122. The van der Waals surface area contributed by atoms with Gasteiger partial charge in [0.15, 0.2) is 0 Å². The highest BCUT2D eigenvalue weighted by Crippen LogP contribution is 2.51. The van der Waals surface area contributed by atoms with Gasteiger partial charge in [-0.15, -0.1) is 0 Å². The molecule has 2 aromatic rings. The average Bonchev–Trinajstić information content (AvgIpc) is 3.09. The van der Waals surface area contributed by atoms with Crippen molar-refractivity contribution in [3.8, 4) is 0 Å². The summed E-state index contributed by atoms with van der Waals surface area (Å²) in [4.78, 5) is 11.6. The van der Waals surface area contributed by atoms with E-state index in [0.29, 0.717) is 21.3 Å². The number of ketones is 1. The number of hydrogen-bond acceptors (Lipinski definition) is 2. The third-order valence-corrected chi connectivity index (χ3v) is 5.74. The van der Waals surface area contributed by atoms with Crippen molar-refractivity contribution >= 4 is 34.7 Å². The summed E-state index contributed by atoms with van der Waals surface area (Å²) in [6, 6.07) is 9.30. The van der Waals surface area contributed by atoms with E-state index in [4.69, 9.17) is 23.2 Å². The van der Waals surface area contributed by atoms with Crippen molar-refractivity contribution in [3.05, 3.63) is 75.3 Å². The van der Waals surface area contributed by atoms with E-state index in [2.05, 4.69) is 5.32 Å². The van der Waals surface area contributed by atoms with Gasteiger partial charge in [-0.25, -0.2) is 0 Å². The summed E-state index contributed by atoms with van der Waals surface area (Å²) < 4.78 is 38.4. The lowest BCUT2D eigenvalue weighted by atomic mass is 9.76. The minimum absolute atomic E-state index is 0.0843. The molecule has 0 amide bonds. The maximum Gasteiger partial charge on any atom is 0.454 e. The number of allylic oxidation sites excluding steroid dienone is 2. The Bertz CT molecular complexity index is 955. The van der Waals surface area contributed by atoms with Gasteiger partial charge in [0.05, 0.1) is 6.04 Å². The summed E-state index contributed by atoms with van der Waals surface area (Å²) in [5, 5.41) is 4.47. The van der Waals surface area contributed by atoms with Crippen LogP contribution in [0.25, 0.3) is 0 Å². The van der Waals surface area contributed by atoms with Gasteiger partial charge in [-0.05, 0) is 53.8 Å². The van der Waals surface area contributed by atoms with Crippen molar-refractivity contribution in [2.24, 2.45) is 5.92 Å². The largest absolute Gasteiger partial charge is 0.454 e. The molecule has 2 nitrogen and oxygen atoms in total. The van der Waals surface area contributed by atoms with Crippen molar-refractivity contribution in [3.63, 3.8) is 0 Å². The highest BCUT2D eigenvalue weighted by molar-refractivity contribution is 6.35. The molecule has 3 atom stereocenters. The van der Waals surface area contributed by atoms with Crippen LogP contribution in [0.2, 0.25) is 10.0 Å². The molecule has 1 aliphatic carbocycles. The third kappa shape index (κ3) is 3.23. The van der Waals surface area contributed by atoms with Crippen LogP contribution in [0, 0.1) is 5.92 Å². The molecule has 1 heterocycles. The van der Waals surface area contributed by atoms with Gasteiger partial charge in [0.2, 0.25) is 0 Å². The molecular formula is C20H14Cl2F3NO. The van der Waals surface area contributed by atoms with Crippen LogP contribution >= 0.6 is 23.2 Å². The summed E-state index contributed by atoms with van der Waals surface area (Å²) in [5.41, 5.74) is 1.95. The number of Topliss-reactive ketones (excluding diaryl/α,β-unsaturated/α-hetero) is 1. The quantitative estimate of drug-likeness (QED) is 0.447. The van der Waals surface area contributed by atoms with E-state index in [1.807, 2.05) is 18.2 Å². The lowest BCUT2D eigenvalue weighted by Gasteiger charge is -2.38. The molecule has 1 N–H and O–H groups in total. The summed E-state index contributed by atoms with van der Waals surface area (Å²) in [6.45, 7) is 0. The van der Waals surface area contributed by atoms with Gasteiger partial charge < -0.3 is 5.32 Å². The van der Waals surface area contributed by atoms with Crippen LogP contribution in [-0.2, 0) is 0 Å². The lowest BCUT2D eigenvalue weighted by molar-refractivity contribution is -0.0885. The molecule has 7 heteroatoms. The molecule has 0 aromatic heterocycles. The Balaban J connectivity index is 1.75. The van der Waals surface area contributed by atoms with E-state index in [1.54, 1.807) is 12.1 Å². The second kappa shape index (κ2) is 6.57. The predicted octanol–water partition coefficient (Wildman–Crippen LogP) is 6.56. The van der Waals surface area contributed by atoms with E-state index >= 15 is 0 Å². The van der Waals surface area contributed by atoms with Gasteiger partial charge >= 0.3 is 6.18 Å². The Morgan fingerprint density at radius 1 is 1.07 bits per heavy atom.